The lowest BCUT2D eigenvalue weighted by Gasteiger charge is -2.27. The van der Waals surface area contributed by atoms with Crippen LogP contribution >= 0.6 is 11.6 Å². The highest BCUT2D eigenvalue weighted by molar-refractivity contribution is 6.30. The van der Waals surface area contributed by atoms with Crippen LogP contribution in [0.15, 0.2) is 48.5 Å². The molecule has 0 aromatic heterocycles. The van der Waals surface area contributed by atoms with Gasteiger partial charge in [0.05, 0.1) is 12.5 Å². The van der Waals surface area contributed by atoms with Crippen molar-refractivity contribution in [3.63, 3.8) is 0 Å². The lowest BCUT2D eigenvalue weighted by molar-refractivity contribution is -0.154. The van der Waals surface area contributed by atoms with E-state index in [2.05, 4.69) is 5.32 Å². The number of para-hydroxylation sites is 1. The first kappa shape index (κ1) is 20.2. The predicted molar refractivity (Wildman–Crippen MR) is 107 cm³/mol. The second kappa shape index (κ2) is 9.11. The third-order valence-corrected chi connectivity index (χ3v) is 5.50. The van der Waals surface area contributed by atoms with Gasteiger partial charge in [0, 0.05) is 17.1 Å². The summed E-state index contributed by atoms with van der Waals surface area (Å²) in [7, 11) is 1.58. The molecule has 1 N–H and O–H groups in total. The van der Waals surface area contributed by atoms with Gasteiger partial charge in [0.2, 0.25) is 0 Å². The number of esters is 1. The van der Waals surface area contributed by atoms with Crippen molar-refractivity contribution in [2.75, 3.05) is 13.7 Å². The molecule has 2 aromatic carbocycles. The maximum absolute atomic E-state index is 12.9. The molecule has 3 rings (SSSR count). The minimum atomic E-state index is -0.687. The van der Waals surface area contributed by atoms with Gasteiger partial charge in [0.25, 0.3) is 5.91 Å². The molecular weight excluding hydrogens is 378 g/mol. The number of benzene rings is 2. The van der Waals surface area contributed by atoms with Crippen LogP contribution in [0.1, 0.15) is 36.8 Å². The van der Waals surface area contributed by atoms with Crippen LogP contribution in [0.4, 0.5) is 0 Å². The molecule has 148 valence electrons. The Morgan fingerprint density at radius 2 is 1.75 bits per heavy atom. The van der Waals surface area contributed by atoms with Gasteiger partial charge in [-0.1, -0.05) is 54.8 Å². The Morgan fingerprint density at radius 3 is 2.43 bits per heavy atom. The van der Waals surface area contributed by atoms with E-state index >= 15 is 0 Å². The number of rotatable bonds is 7. The van der Waals surface area contributed by atoms with Gasteiger partial charge in [-0.05, 0) is 36.6 Å². The number of hydrogen-bond donors (Lipinski definition) is 1. The van der Waals surface area contributed by atoms with Gasteiger partial charge in [-0.25, -0.2) is 0 Å². The summed E-state index contributed by atoms with van der Waals surface area (Å²) in [4.78, 5) is 25.1. The number of carbonyl (C=O) groups excluding carboxylic acids is 2. The van der Waals surface area contributed by atoms with E-state index in [0.29, 0.717) is 17.3 Å². The molecule has 1 fully saturated rings. The van der Waals surface area contributed by atoms with Crippen molar-refractivity contribution in [1.29, 1.82) is 0 Å². The highest BCUT2D eigenvalue weighted by Gasteiger charge is 2.44. The summed E-state index contributed by atoms with van der Waals surface area (Å²) < 4.78 is 10.7. The van der Waals surface area contributed by atoms with Crippen LogP contribution < -0.4 is 10.1 Å². The van der Waals surface area contributed by atoms with E-state index in [4.69, 9.17) is 21.1 Å². The van der Waals surface area contributed by atoms with Gasteiger partial charge in [-0.15, -0.1) is 0 Å². The zero-order chi connectivity index (χ0) is 20.0. The van der Waals surface area contributed by atoms with Gasteiger partial charge < -0.3 is 14.8 Å². The quantitative estimate of drug-likeness (QED) is 0.711. The van der Waals surface area contributed by atoms with Gasteiger partial charge in [-0.3, -0.25) is 9.59 Å². The molecule has 28 heavy (non-hydrogen) atoms. The molecule has 2 aromatic rings. The van der Waals surface area contributed by atoms with Crippen molar-refractivity contribution in [2.45, 2.75) is 37.6 Å². The lowest BCUT2D eigenvalue weighted by atomic mass is 9.79. The zero-order valence-corrected chi connectivity index (χ0v) is 16.6. The Balaban J connectivity index is 1.59. The molecule has 6 heteroatoms. The number of hydrogen-bond acceptors (Lipinski definition) is 4. The van der Waals surface area contributed by atoms with E-state index < -0.39 is 5.41 Å². The average molecular weight is 402 g/mol. The van der Waals surface area contributed by atoms with Crippen LogP contribution in [0, 0.1) is 0 Å². The normalized spacial score (nSPS) is 15.1. The summed E-state index contributed by atoms with van der Waals surface area (Å²) in [6.07, 6.45) is 3.35. The summed E-state index contributed by atoms with van der Waals surface area (Å²) in [5.41, 5.74) is 1.07. The Hall–Kier alpha value is -2.53. The number of carbonyl (C=O) groups is 2. The van der Waals surface area contributed by atoms with Crippen molar-refractivity contribution in [2.24, 2.45) is 0 Å². The number of amides is 1. The van der Waals surface area contributed by atoms with E-state index in [1.54, 1.807) is 19.2 Å². The summed E-state index contributed by atoms with van der Waals surface area (Å²) in [6, 6.07) is 14.8. The third kappa shape index (κ3) is 4.47. The molecule has 0 spiro atoms. The van der Waals surface area contributed by atoms with Crippen LogP contribution in [0.2, 0.25) is 5.02 Å². The van der Waals surface area contributed by atoms with E-state index in [-0.39, 0.29) is 18.5 Å². The number of ether oxygens (including phenoxy) is 2. The van der Waals surface area contributed by atoms with Crippen LogP contribution in [0.3, 0.4) is 0 Å². The Bertz CT molecular complexity index is 829. The van der Waals surface area contributed by atoms with Crippen LogP contribution in [0.25, 0.3) is 0 Å². The monoisotopic (exact) mass is 401 g/mol. The smallest absolute Gasteiger partial charge is 0.317 e. The topological polar surface area (TPSA) is 64.6 Å². The Labute approximate surface area is 170 Å². The molecule has 0 heterocycles. The average Bonchev–Trinajstić information content (AvgIpc) is 3.22. The fraction of sp³-hybridized carbons (Fsp3) is 0.364. The summed E-state index contributed by atoms with van der Waals surface area (Å²) in [5, 5.41) is 3.39. The highest BCUT2D eigenvalue weighted by atomic mass is 35.5. The van der Waals surface area contributed by atoms with Gasteiger partial charge in [0.15, 0.2) is 6.61 Å². The maximum Gasteiger partial charge on any atom is 0.317 e. The van der Waals surface area contributed by atoms with Crippen molar-refractivity contribution >= 4 is 23.5 Å². The van der Waals surface area contributed by atoms with Crippen LogP contribution in [0.5, 0.6) is 5.75 Å². The summed E-state index contributed by atoms with van der Waals surface area (Å²) >= 11 is 5.97. The molecule has 0 bridgehead atoms. The maximum atomic E-state index is 12.9. The molecule has 1 aliphatic rings. The molecule has 0 saturated heterocycles. The van der Waals surface area contributed by atoms with E-state index in [1.165, 1.54) is 0 Å². The highest BCUT2D eigenvalue weighted by Crippen LogP contribution is 2.42. The molecular formula is C22H24ClNO4. The van der Waals surface area contributed by atoms with E-state index in [9.17, 15) is 9.59 Å². The molecule has 0 radical (unpaired) electrons. The zero-order valence-electron chi connectivity index (χ0n) is 15.9. The minimum absolute atomic E-state index is 0.302. The SMILES string of the molecule is COc1ccccc1CNC(=O)COC(=O)C1(c2ccc(Cl)cc2)CCCC1. The third-order valence-electron chi connectivity index (χ3n) is 5.25. The first-order chi connectivity index (χ1) is 13.5. The van der Waals surface area contributed by atoms with Crippen molar-refractivity contribution in [3.05, 3.63) is 64.7 Å². The van der Waals surface area contributed by atoms with Crippen molar-refractivity contribution < 1.29 is 19.1 Å². The molecule has 1 aliphatic carbocycles. The fourth-order valence-electron chi connectivity index (χ4n) is 3.72. The largest absolute Gasteiger partial charge is 0.496 e. The van der Waals surface area contributed by atoms with E-state index in [0.717, 1.165) is 36.8 Å². The molecule has 0 atom stereocenters. The summed E-state index contributed by atoms with van der Waals surface area (Å²) in [5.74, 6) is 0.00992. The second-order valence-corrected chi connectivity index (χ2v) is 7.40. The molecule has 0 aliphatic heterocycles. The van der Waals surface area contributed by atoms with Gasteiger partial charge in [0.1, 0.15) is 5.75 Å². The Morgan fingerprint density at radius 1 is 1.07 bits per heavy atom. The fourth-order valence-corrected chi connectivity index (χ4v) is 3.85. The van der Waals surface area contributed by atoms with Crippen LogP contribution in [-0.4, -0.2) is 25.6 Å². The number of nitrogens with one attached hydrogen (secondary N) is 1. The molecule has 0 unspecified atom stereocenters. The first-order valence-corrected chi connectivity index (χ1v) is 9.75. The lowest BCUT2D eigenvalue weighted by Crippen LogP contribution is -2.37. The predicted octanol–water partition coefficient (Wildman–Crippen LogP) is 4.02. The molecule has 1 saturated carbocycles. The molecule has 5 nitrogen and oxygen atoms in total. The van der Waals surface area contributed by atoms with Gasteiger partial charge >= 0.3 is 5.97 Å². The first-order valence-electron chi connectivity index (χ1n) is 9.37. The van der Waals surface area contributed by atoms with Crippen LogP contribution in [-0.2, 0) is 26.3 Å². The van der Waals surface area contributed by atoms with E-state index in [1.807, 2.05) is 36.4 Å². The van der Waals surface area contributed by atoms with Crippen molar-refractivity contribution in [3.8, 4) is 5.75 Å². The Kier molecular flexibility index (Phi) is 6.57. The van der Waals surface area contributed by atoms with Gasteiger partial charge in [-0.2, -0.15) is 0 Å². The minimum Gasteiger partial charge on any atom is -0.496 e. The number of methoxy groups -OCH3 is 1. The summed E-state index contributed by atoms with van der Waals surface area (Å²) in [6.45, 7) is 0.00600. The number of halogens is 1. The molecule has 1 amide bonds. The second-order valence-electron chi connectivity index (χ2n) is 6.96. The standard InChI is InChI=1S/C22H24ClNO4/c1-27-19-7-3-2-6-16(19)14-24-20(25)15-28-21(26)22(12-4-5-13-22)17-8-10-18(23)11-9-17/h2-3,6-11H,4-5,12-15H2,1H3,(H,24,25). The van der Waals surface area contributed by atoms with Crippen molar-refractivity contribution in [1.82, 2.24) is 5.32 Å².